The summed E-state index contributed by atoms with van der Waals surface area (Å²) in [5.41, 5.74) is 0.839. The van der Waals surface area contributed by atoms with E-state index >= 15 is 0 Å². The number of rotatable bonds is 5. The van der Waals surface area contributed by atoms with E-state index in [0.29, 0.717) is 11.0 Å². The number of nitrogens with zero attached hydrogens (tertiary/aromatic N) is 2. The summed E-state index contributed by atoms with van der Waals surface area (Å²) in [4.78, 5) is 18.6. The molecule has 2 aromatic rings. The Morgan fingerprint density at radius 2 is 2.25 bits per heavy atom. The van der Waals surface area contributed by atoms with Gasteiger partial charge in [0.2, 0.25) is 5.91 Å². The molecule has 1 aromatic heterocycles. The summed E-state index contributed by atoms with van der Waals surface area (Å²) < 4.78 is 26.3. The average Bonchev–Trinajstić information content (AvgIpc) is 3.13. The Labute approximate surface area is 143 Å². The topological polar surface area (TPSA) is 45.2 Å². The molecule has 1 aliphatic heterocycles. The van der Waals surface area contributed by atoms with Gasteiger partial charge in [-0.3, -0.25) is 9.69 Å². The van der Waals surface area contributed by atoms with Crippen LogP contribution in [-0.4, -0.2) is 28.9 Å². The van der Waals surface area contributed by atoms with Crippen LogP contribution in [0.1, 0.15) is 23.8 Å². The lowest BCUT2D eigenvalue weighted by molar-refractivity contribution is -0.114. The number of carbonyl (C=O) groups excluding carboxylic acids is 1. The van der Waals surface area contributed by atoms with Gasteiger partial charge in [0, 0.05) is 31.1 Å². The molecule has 0 saturated carbocycles. The Hall–Kier alpha value is -1.86. The summed E-state index contributed by atoms with van der Waals surface area (Å²) in [6.45, 7) is 4.16. The largest absolute Gasteiger partial charge is 0.302 e. The lowest BCUT2D eigenvalue weighted by Crippen LogP contribution is -2.20. The maximum absolute atomic E-state index is 13.3. The Kier molecular flexibility index (Phi) is 5.20. The third-order valence-electron chi connectivity index (χ3n) is 4.09. The molecule has 1 saturated heterocycles. The minimum absolute atomic E-state index is 0.122. The highest BCUT2D eigenvalue weighted by molar-refractivity contribution is 7.15. The third kappa shape index (κ3) is 4.36. The molecule has 1 N–H and O–H groups in total. The molecule has 3 rings (SSSR count). The van der Waals surface area contributed by atoms with Crippen LogP contribution in [0.25, 0.3) is 0 Å². The molecule has 1 aromatic carbocycles. The minimum Gasteiger partial charge on any atom is -0.302 e. The van der Waals surface area contributed by atoms with Crippen molar-refractivity contribution in [2.24, 2.45) is 5.92 Å². The summed E-state index contributed by atoms with van der Waals surface area (Å²) >= 11 is 1.48. The van der Waals surface area contributed by atoms with Gasteiger partial charge in [-0.15, -0.1) is 11.3 Å². The number of benzene rings is 1. The fourth-order valence-electron chi connectivity index (χ4n) is 3.03. The first-order valence-corrected chi connectivity index (χ1v) is 8.70. The molecule has 2 heterocycles. The van der Waals surface area contributed by atoms with E-state index in [1.807, 2.05) is 0 Å². The van der Waals surface area contributed by atoms with Crippen LogP contribution in [0, 0.1) is 17.6 Å². The predicted molar refractivity (Wildman–Crippen MR) is 89.9 cm³/mol. The zero-order chi connectivity index (χ0) is 17.1. The number of carbonyl (C=O) groups is 1. The van der Waals surface area contributed by atoms with E-state index in [-0.39, 0.29) is 5.91 Å². The smallest absolute Gasteiger partial charge is 0.223 e. The monoisotopic (exact) mass is 351 g/mol. The second-order valence-electron chi connectivity index (χ2n) is 6.16. The summed E-state index contributed by atoms with van der Waals surface area (Å²) in [5.74, 6) is -1.26. The predicted octanol–water partition coefficient (Wildman–Crippen LogP) is 3.44. The molecule has 0 spiro atoms. The standard InChI is InChI=1S/C17H19F2N3OS/c1-11(23)21-17-20-8-14(24-17)10-22-5-4-13(9-22)6-12-2-3-15(18)16(19)7-12/h2-3,7-8,13H,4-6,9-10H2,1H3,(H,20,21,23)/t13-/m1/s1. The SMILES string of the molecule is CC(=O)Nc1ncc(CN2CC[C@H](Cc3ccc(F)c(F)c3)C2)s1. The molecule has 1 amide bonds. The van der Waals surface area contributed by atoms with Gasteiger partial charge in [-0.25, -0.2) is 13.8 Å². The van der Waals surface area contributed by atoms with E-state index in [1.165, 1.54) is 30.4 Å². The van der Waals surface area contributed by atoms with E-state index in [4.69, 9.17) is 0 Å². The van der Waals surface area contributed by atoms with E-state index < -0.39 is 11.6 Å². The van der Waals surface area contributed by atoms with Crippen molar-refractivity contribution in [1.29, 1.82) is 0 Å². The molecule has 1 fully saturated rings. The van der Waals surface area contributed by atoms with Gasteiger partial charge in [-0.1, -0.05) is 6.07 Å². The first-order chi connectivity index (χ1) is 11.5. The first-order valence-electron chi connectivity index (χ1n) is 7.88. The van der Waals surface area contributed by atoms with Crippen LogP contribution in [-0.2, 0) is 17.8 Å². The fourth-order valence-corrected chi connectivity index (χ4v) is 3.93. The molecule has 24 heavy (non-hydrogen) atoms. The molecule has 0 unspecified atom stereocenters. The van der Waals surface area contributed by atoms with E-state index in [1.54, 1.807) is 12.3 Å². The van der Waals surface area contributed by atoms with Crippen LogP contribution in [0.4, 0.5) is 13.9 Å². The molecule has 4 nitrogen and oxygen atoms in total. The van der Waals surface area contributed by atoms with Gasteiger partial charge in [0.05, 0.1) is 0 Å². The van der Waals surface area contributed by atoms with Crippen molar-refractivity contribution in [3.05, 3.63) is 46.5 Å². The normalized spacial score (nSPS) is 18.0. The Morgan fingerprint density at radius 3 is 3.00 bits per heavy atom. The van der Waals surface area contributed by atoms with Crippen molar-refractivity contribution in [2.75, 3.05) is 18.4 Å². The van der Waals surface area contributed by atoms with Crippen LogP contribution >= 0.6 is 11.3 Å². The molecule has 128 valence electrons. The zero-order valence-electron chi connectivity index (χ0n) is 13.4. The second kappa shape index (κ2) is 7.36. The van der Waals surface area contributed by atoms with Crippen molar-refractivity contribution in [3.8, 4) is 0 Å². The van der Waals surface area contributed by atoms with Crippen LogP contribution in [0.3, 0.4) is 0 Å². The van der Waals surface area contributed by atoms with Gasteiger partial charge in [-0.05, 0) is 43.0 Å². The number of thiazole rings is 1. The number of amides is 1. The number of likely N-dealkylation sites (tertiary alicyclic amines) is 1. The number of nitrogens with one attached hydrogen (secondary N) is 1. The number of anilines is 1. The number of aromatic nitrogens is 1. The van der Waals surface area contributed by atoms with Crippen molar-refractivity contribution < 1.29 is 13.6 Å². The molecular formula is C17H19F2N3OS. The highest BCUT2D eigenvalue weighted by atomic mass is 32.1. The van der Waals surface area contributed by atoms with Crippen LogP contribution in [0.5, 0.6) is 0 Å². The number of halogens is 2. The third-order valence-corrected chi connectivity index (χ3v) is 4.99. The molecule has 0 radical (unpaired) electrons. The quantitative estimate of drug-likeness (QED) is 0.897. The lowest BCUT2D eigenvalue weighted by Gasteiger charge is -2.14. The molecule has 1 atom stereocenters. The molecule has 0 bridgehead atoms. The van der Waals surface area contributed by atoms with Gasteiger partial charge < -0.3 is 5.32 Å². The Morgan fingerprint density at radius 1 is 1.42 bits per heavy atom. The highest BCUT2D eigenvalue weighted by Crippen LogP contribution is 2.26. The van der Waals surface area contributed by atoms with Gasteiger partial charge in [0.25, 0.3) is 0 Å². The van der Waals surface area contributed by atoms with Crippen molar-refractivity contribution >= 4 is 22.4 Å². The first kappa shape index (κ1) is 17.0. The van der Waals surface area contributed by atoms with E-state index in [0.717, 1.165) is 42.9 Å². The Balaban J connectivity index is 1.52. The van der Waals surface area contributed by atoms with Crippen LogP contribution in [0.15, 0.2) is 24.4 Å². The minimum atomic E-state index is -0.799. The molecular weight excluding hydrogens is 332 g/mol. The summed E-state index contributed by atoms with van der Waals surface area (Å²) in [6, 6.07) is 4.14. The molecule has 1 aliphatic rings. The maximum Gasteiger partial charge on any atom is 0.223 e. The van der Waals surface area contributed by atoms with Gasteiger partial charge in [0.1, 0.15) is 0 Å². The van der Waals surface area contributed by atoms with Crippen LogP contribution < -0.4 is 5.32 Å². The van der Waals surface area contributed by atoms with Crippen molar-refractivity contribution in [2.45, 2.75) is 26.3 Å². The van der Waals surface area contributed by atoms with Gasteiger partial charge >= 0.3 is 0 Å². The summed E-state index contributed by atoms with van der Waals surface area (Å²) in [5, 5.41) is 3.31. The lowest BCUT2D eigenvalue weighted by atomic mass is 9.98. The van der Waals surface area contributed by atoms with Gasteiger partial charge in [0.15, 0.2) is 16.8 Å². The van der Waals surface area contributed by atoms with E-state index in [2.05, 4.69) is 15.2 Å². The Bertz CT molecular complexity index is 734. The molecule has 7 heteroatoms. The fraction of sp³-hybridized carbons (Fsp3) is 0.412. The summed E-state index contributed by atoms with van der Waals surface area (Å²) in [7, 11) is 0. The van der Waals surface area contributed by atoms with E-state index in [9.17, 15) is 13.6 Å². The number of hydrogen-bond acceptors (Lipinski definition) is 4. The average molecular weight is 351 g/mol. The van der Waals surface area contributed by atoms with Crippen molar-refractivity contribution in [3.63, 3.8) is 0 Å². The molecule has 0 aliphatic carbocycles. The van der Waals surface area contributed by atoms with Crippen LogP contribution in [0.2, 0.25) is 0 Å². The highest BCUT2D eigenvalue weighted by Gasteiger charge is 2.23. The summed E-state index contributed by atoms with van der Waals surface area (Å²) in [6.07, 6.45) is 3.59. The maximum atomic E-state index is 13.3. The zero-order valence-corrected chi connectivity index (χ0v) is 14.2. The number of hydrogen-bond donors (Lipinski definition) is 1. The van der Waals surface area contributed by atoms with Crippen molar-refractivity contribution in [1.82, 2.24) is 9.88 Å². The second-order valence-corrected chi connectivity index (χ2v) is 7.27. The van der Waals surface area contributed by atoms with Gasteiger partial charge in [-0.2, -0.15) is 0 Å².